The number of aliphatic imine (C=N–C) groups is 1. The number of benzene rings is 1. The van der Waals surface area contributed by atoms with Gasteiger partial charge in [0.05, 0.1) is 18.2 Å². The molecule has 108 valence electrons. The van der Waals surface area contributed by atoms with Crippen molar-refractivity contribution in [2.45, 2.75) is 18.9 Å². The van der Waals surface area contributed by atoms with Crippen LogP contribution >= 0.6 is 0 Å². The quantitative estimate of drug-likeness (QED) is 0.919. The molecule has 1 unspecified atom stereocenters. The minimum absolute atomic E-state index is 0.0339. The molecule has 0 fully saturated rings. The van der Waals surface area contributed by atoms with Crippen molar-refractivity contribution in [2.75, 3.05) is 7.05 Å². The SMILES string of the molecule is CN1C(=O)CC(C)(c2cccc(-c3ccco3)c2)N=C1N. The van der Waals surface area contributed by atoms with E-state index in [9.17, 15) is 4.79 Å². The van der Waals surface area contributed by atoms with Gasteiger partial charge in [0.2, 0.25) is 5.91 Å². The highest BCUT2D eigenvalue weighted by atomic mass is 16.3. The molecule has 1 aromatic carbocycles. The van der Waals surface area contributed by atoms with Gasteiger partial charge in [-0.05, 0) is 30.7 Å². The standard InChI is InChI=1S/C16H17N3O2/c1-16(10-14(20)19(2)15(17)18-16)12-6-3-5-11(9-12)13-7-4-8-21-13/h3-9H,10H2,1-2H3,(H2,17,18). The molecule has 0 spiro atoms. The maximum Gasteiger partial charge on any atom is 0.231 e. The van der Waals surface area contributed by atoms with Crippen LogP contribution in [0.25, 0.3) is 11.3 Å². The second-order valence-corrected chi connectivity index (χ2v) is 5.43. The highest BCUT2D eigenvalue weighted by Crippen LogP contribution is 2.34. The predicted molar refractivity (Wildman–Crippen MR) is 80.5 cm³/mol. The molecule has 0 saturated heterocycles. The molecule has 3 rings (SSSR count). The van der Waals surface area contributed by atoms with E-state index < -0.39 is 5.54 Å². The Balaban J connectivity index is 2.04. The normalized spacial score (nSPS) is 22.3. The van der Waals surface area contributed by atoms with Crippen molar-refractivity contribution in [3.63, 3.8) is 0 Å². The van der Waals surface area contributed by atoms with E-state index in [1.54, 1.807) is 13.3 Å². The number of furan rings is 1. The summed E-state index contributed by atoms with van der Waals surface area (Å²) in [6.45, 7) is 1.92. The molecule has 1 amide bonds. The van der Waals surface area contributed by atoms with Crippen LogP contribution in [0.5, 0.6) is 0 Å². The van der Waals surface area contributed by atoms with Crippen LogP contribution in [0.15, 0.2) is 52.1 Å². The van der Waals surface area contributed by atoms with Gasteiger partial charge in [-0.25, -0.2) is 4.99 Å². The number of nitrogens with zero attached hydrogens (tertiary/aromatic N) is 2. The number of nitrogens with two attached hydrogens (primary N) is 1. The molecule has 2 aromatic rings. The van der Waals surface area contributed by atoms with Crippen LogP contribution in [-0.2, 0) is 10.3 Å². The van der Waals surface area contributed by atoms with Gasteiger partial charge in [0, 0.05) is 12.6 Å². The number of carbonyl (C=O) groups excluding carboxylic acids is 1. The molecular weight excluding hydrogens is 266 g/mol. The third kappa shape index (κ3) is 2.31. The van der Waals surface area contributed by atoms with Crippen LogP contribution < -0.4 is 5.73 Å². The molecule has 5 heteroatoms. The van der Waals surface area contributed by atoms with Gasteiger partial charge in [-0.15, -0.1) is 0 Å². The van der Waals surface area contributed by atoms with Crippen LogP contribution in [0.3, 0.4) is 0 Å². The van der Waals surface area contributed by atoms with Crippen LogP contribution in [0.1, 0.15) is 18.9 Å². The second kappa shape index (κ2) is 4.77. The Bertz CT molecular complexity index is 706. The van der Waals surface area contributed by atoms with E-state index in [0.29, 0.717) is 6.42 Å². The van der Waals surface area contributed by atoms with Crippen molar-refractivity contribution in [1.29, 1.82) is 0 Å². The largest absolute Gasteiger partial charge is 0.464 e. The van der Waals surface area contributed by atoms with E-state index in [1.807, 2.05) is 43.3 Å². The minimum atomic E-state index is -0.643. The third-order valence-electron chi connectivity index (χ3n) is 3.86. The van der Waals surface area contributed by atoms with Gasteiger partial charge >= 0.3 is 0 Å². The van der Waals surface area contributed by atoms with Gasteiger partial charge < -0.3 is 10.2 Å². The highest BCUT2D eigenvalue weighted by Gasteiger charge is 2.36. The highest BCUT2D eigenvalue weighted by molar-refractivity contribution is 5.98. The summed E-state index contributed by atoms with van der Waals surface area (Å²) < 4.78 is 5.42. The summed E-state index contributed by atoms with van der Waals surface area (Å²) in [5, 5.41) is 0. The fourth-order valence-corrected chi connectivity index (χ4v) is 2.53. The molecule has 1 aromatic heterocycles. The lowest BCUT2D eigenvalue weighted by atomic mass is 9.86. The Morgan fingerprint density at radius 1 is 1.33 bits per heavy atom. The number of rotatable bonds is 2. The maximum absolute atomic E-state index is 12.1. The number of hydrogen-bond acceptors (Lipinski definition) is 4. The van der Waals surface area contributed by atoms with Crippen LogP contribution in [-0.4, -0.2) is 23.8 Å². The number of hydrogen-bond donors (Lipinski definition) is 1. The first-order valence-corrected chi connectivity index (χ1v) is 6.76. The maximum atomic E-state index is 12.1. The Morgan fingerprint density at radius 2 is 2.14 bits per heavy atom. The molecule has 5 nitrogen and oxygen atoms in total. The second-order valence-electron chi connectivity index (χ2n) is 5.43. The monoisotopic (exact) mass is 283 g/mol. The van der Waals surface area contributed by atoms with Gasteiger partial charge in [0.15, 0.2) is 5.96 Å². The summed E-state index contributed by atoms with van der Waals surface area (Å²) >= 11 is 0. The summed E-state index contributed by atoms with van der Waals surface area (Å²) in [6.07, 6.45) is 1.94. The first kappa shape index (κ1) is 13.4. The zero-order valence-corrected chi connectivity index (χ0v) is 12.0. The smallest absolute Gasteiger partial charge is 0.231 e. The van der Waals surface area contributed by atoms with Gasteiger partial charge in [-0.2, -0.15) is 0 Å². The predicted octanol–water partition coefficient (Wildman–Crippen LogP) is 2.34. The van der Waals surface area contributed by atoms with Crippen molar-refractivity contribution >= 4 is 11.9 Å². The first-order chi connectivity index (χ1) is 9.99. The lowest BCUT2D eigenvalue weighted by molar-refractivity contribution is -0.128. The zero-order valence-electron chi connectivity index (χ0n) is 12.0. The van der Waals surface area contributed by atoms with Gasteiger partial charge in [-0.3, -0.25) is 9.69 Å². The number of guanidine groups is 1. The topological polar surface area (TPSA) is 71.8 Å². The van der Waals surface area contributed by atoms with Crippen LogP contribution in [0, 0.1) is 0 Å². The molecule has 0 saturated carbocycles. The van der Waals surface area contributed by atoms with Crippen molar-refractivity contribution in [1.82, 2.24) is 4.90 Å². The van der Waals surface area contributed by atoms with E-state index >= 15 is 0 Å². The van der Waals surface area contributed by atoms with Gasteiger partial charge in [0.1, 0.15) is 5.76 Å². The fraction of sp³-hybridized carbons (Fsp3) is 0.250. The summed E-state index contributed by atoms with van der Waals surface area (Å²) in [5.74, 6) is 1.00. The van der Waals surface area contributed by atoms with E-state index in [4.69, 9.17) is 10.2 Å². The molecule has 0 aliphatic carbocycles. The Labute approximate surface area is 123 Å². The first-order valence-electron chi connectivity index (χ1n) is 6.76. The van der Waals surface area contributed by atoms with E-state index in [-0.39, 0.29) is 11.9 Å². The number of carbonyl (C=O) groups is 1. The Kier molecular flexibility index (Phi) is 3.05. The molecule has 1 aliphatic rings. The molecule has 1 atom stereocenters. The minimum Gasteiger partial charge on any atom is -0.464 e. The molecule has 0 bridgehead atoms. The van der Waals surface area contributed by atoms with Crippen molar-refractivity contribution in [2.24, 2.45) is 10.7 Å². The van der Waals surface area contributed by atoms with Gasteiger partial charge in [-0.1, -0.05) is 18.2 Å². The Hall–Kier alpha value is -2.56. The van der Waals surface area contributed by atoms with Crippen molar-refractivity contribution in [3.8, 4) is 11.3 Å². The van der Waals surface area contributed by atoms with Crippen molar-refractivity contribution in [3.05, 3.63) is 48.2 Å². The molecule has 0 radical (unpaired) electrons. The molecule has 2 heterocycles. The number of amides is 1. The van der Waals surface area contributed by atoms with Crippen LogP contribution in [0.4, 0.5) is 0 Å². The van der Waals surface area contributed by atoms with E-state index in [2.05, 4.69) is 4.99 Å². The molecule has 1 aliphatic heterocycles. The molecular formula is C16H17N3O2. The van der Waals surface area contributed by atoms with Crippen LogP contribution in [0.2, 0.25) is 0 Å². The lowest BCUT2D eigenvalue weighted by Gasteiger charge is -2.33. The third-order valence-corrected chi connectivity index (χ3v) is 3.86. The summed E-state index contributed by atoms with van der Waals surface area (Å²) in [6, 6.07) is 11.6. The van der Waals surface area contributed by atoms with E-state index in [1.165, 1.54) is 4.90 Å². The lowest BCUT2D eigenvalue weighted by Crippen LogP contribution is -2.47. The summed E-state index contributed by atoms with van der Waals surface area (Å²) in [4.78, 5) is 17.9. The zero-order chi connectivity index (χ0) is 15.0. The fourth-order valence-electron chi connectivity index (χ4n) is 2.53. The van der Waals surface area contributed by atoms with E-state index in [0.717, 1.165) is 16.9 Å². The molecule has 21 heavy (non-hydrogen) atoms. The molecule has 2 N–H and O–H groups in total. The summed E-state index contributed by atoms with van der Waals surface area (Å²) in [7, 11) is 1.64. The van der Waals surface area contributed by atoms with Crippen molar-refractivity contribution < 1.29 is 9.21 Å². The van der Waals surface area contributed by atoms with Gasteiger partial charge in [0.25, 0.3) is 0 Å². The summed E-state index contributed by atoms with van der Waals surface area (Å²) in [5.41, 5.74) is 7.11. The average molecular weight is 283 g/mol. The Morgan fingerprint density at radius 3 is 2.81 bits per heavy atom. The average Bonchev–Trinajstić information content (AvgIpc) is 2.99.